The SMILES string of the molecule is Cc1ccc(S(=O)(=O)N(C(=O)COc2ccccc2C)c2cccc(C)c2C)cc1. The molecular weight excluding hydrogens is 398 g/mol. The van der Waals surface area contributed by atoms with Gasteiger partial charge in [0.2, 0.25) is 0 Å². The van der Waals surface area contributed by atoms with Crippen LogP contribution >= 0.6 is 0 Å². The average molecular weight is 424 g/mol. The fraction of sp³-hybridized carbons (Fsp3) is 0.208. The first-order valence-electron chi connectivity index (χ1n) is 9.61. The predicted octanol–water partition coefficient (Wildman–Crippen LogP) is 4.72. The number of rotatable bonds is 6. The fourth-order valence-electron chi connectivity index (χ4n) is 3.09. The summed E-state index contributed by atoms with van der Waals surface area (Å²) >= 11 is 0. The molecule has 156 valence electrons. The molecule has 5 nitrogen and oxygen atoms in total. The van der Waals surface area contributed by atoms with Gasteiger partial charge in [0.15, 0.2) is 6.61 Å². The summed E-state index contributed by atoms with van der Waals surface area (Å²) in [6.45, 7) is 7.02. The Kier molecular flexibility index (Phi) is 6.27. The van der Waals surface area contributed by atoms with Crippen LogP contribution in [0.25, 0.3) is 0 Å². The molecule has 0 fully saturated rings. The normalized spacial score (nSPS) is 11.2. The van der Waals surface area contributed by atoms with E-state index in [0.29, 0.717) is 11.4 Å². The zero-order valence-electron chi connectivity index (χ0n) is 17.5. The van der Waals surface area contributed by atoms with Crippen molar-refractivity contribution in [3.05, 3.63) is 89.0 Å². The van der Waals surface area contributed by atoms with E-state index >= 15 is 0 Å². The molecule has 0 aliphatic carbocycles. The van der Waals surface area contributed by atoms with Crippen molar-refractivity contribution in [2.45, 2.75) is 32.6 Å². The molecule has 0 aliphatic heterocycles. The molecular formula is C24H25NO4S. The molecule has 0 saturated heterocycles. The van der Waals surface area contributed by atoms with Crippen molar-refractivity contribution in [1.82, 2.24) is 0 Å². The van der Waals surface area contributed by atoms with Crippen LogP contribution in [-0.2, 0) is 14.8 Å². The number of hydrogen-bond donors (Lipinski definition) is 0. The van der Waals surface area contributed by atoms with E-state index in [0.717, 1.165) is 26.6 Å². The van der Waals surface area contributed by atoms with Gasteiger partial charge in [-0.25, -0.2) is 8.42 Å². The molecule has 0 aliphatic rings. The highest BCUT2D eigenvalue weighted by molar-refractivity contribution is 7.93. The van der Waals surface area contributed by atoms with E-state index in [1.54, 1.807) is 43.3 Å². The van der Waals surface area contributed by atoms with Crippen molar-refractivity contribution >= 4 is 21.6 Å². The van der Waals surface area contributed by atoms with Gasteiger partial charge >= 0.3 is 0 Å². The van der Waals surface area contributed by atoms with E-state index in [1.807, 2.05) is 39.0 Å². The number of benzene rings is 3. The molecule has 1 amide bonds. The fourth-order valence-corrected chi connectivity index (χ4v) is 4.55. The van der Waals surface area contributed by atoms with E-state index in [4.69, 9.17) is 4.74 Å². The first-order chi connectivity index (χ1) is 14.2. The molecule has 0 saturated carbocycles. The van der Waals surface area contributed by atoms with Gasteiger partial charge in [-0.2, -0.15) is 4.31 Å². The quantitative estimate of drug-likeness (QED) is 0.575. The number of carbonyl (C=O) groups is 1. The van der Waals surface area contributed by atoms with Gasteiger partial charge in [0.1, 0.15) is 5.75 Å². The van der Waals surface area contributed by atoms with Crippen LogP contribution in [0.2, 0.25) is 0 Å². The van der Waals surface area contributed by atoms with Crippen molar-refractivity contribution in [3.8, 4) is 5.75 Å². The van der Waals surface area contributed by atoms with E-state index in [1.165, 1.54) is 12.1 Å². The number of carbonyl (C=O) groups excluding carboxylic acids is 1. The Hall–Kier alpha value is -3.12. The lowest BCUT2D eigenvalue weighted by atomic mass is 10.1. The predicted molar refractivity (Wildman–Crippen MR) is 118 cm³/mol. The van der Waals surface area contributed by atoms with Gasteiger partial charge in [-0.1, -0.05) is 48.0 Å². The maximum atomic E-state index is 13.5. The number of para-hydroxylation sites is 1. The third-order valence-electron chi connectivity index (χ3n) is 5.03. The molecule has 0 atom stereocenters. The van der Waals surface area contributed by atoms with Gasteiger partial charge < -0.3 is 4.74 Å². The molecule has 3 rings (SSSR count). The minimum atomic E-state index is -4.12. The third-order valence-corrected chi connectivity index (χ3v) is 6.77. The molecule has 6 heteroatoms. The number of aryl methyl sites for hydroxylation is 3. The van der Waals surface area contributed by atoms with Crippen molar-refractivity contribution in [2.24, 2.45) is 0 Å². The molecule has 0 N–H and O–H groups in total. The Bertz CT molecular complexity index is 1170. The number of sulfonamides is 1. The molecule has 0 radical (unpaired) electrons. The molecule has 0 unspecified atom stereocenters. The van der Waals surface area contributed by atoms with Crippen molar-refractivity contribution in [2.75, 3.05) is 10.9 Å². The average Bonchev–Trinajstić information content (AvgIpc) is 2.71. The summed E-state index contributed by atoms with van der Waals surface area (Å²) in [5, 5.41) is 0. The molecule has 3 aromatic carbocycles. The zero-order chi connectivity index (χ0) is 21.9. The smallest absolute Gasteiger partial charge is 0.278 e. The summed E-state index contributed by atoms with van der Waals surface area (Å²) in [5.74, 6) is -0.118. The number of ether oxygens (including phenoxy) is 1. The van der Waals surface area contributed by atoms with E-state index in [9.17, 15) is 13.2 Å². The standard InChI is InChI=1S/C24H25NO4S/c1-17-12-14-21(15-13-17)30(27,28)25(22-10-7-9-18(2)20(22)4)24(26)16-29-23-11-6-5-8-19(23)3/h5-15H,16H2,1-4H3. The van der Waals surface area contributed by atoms with Gasteiger partial charge in [0.25, 0.3) is 15.9 Å². The first-order valence-corrected chi connectivity index (χ1v) is 11.1. The first kappa shape index (κ1) is 21.6. The van der Waals surface area contributed by atoms with Gasteiger partial charge in [0, 0.05) is 0 Å². The number of amides is 1. The summed E-state index contributed by atoms with van der Waals surface area (Å²) < 4.78 is 33.5. The van der Waals surface area contributed by atoms with Crippen molar-refractivity contribution < 1.29 is 17.9 Å². The second kappa shape index (κ2) is 8.71. The zero-order valence-corrected chi connectivity index (χ0v) is 18.4. The van der Waals surface area contributed by atoms with Crippen LogP contribution in [0.15, 0.2) is 71.6 Å². The molecule has 0 aromatic heterocycles. The Labute approximate surface area is 178 Å². The summed E-state index contributed by atoms with van der Waals surface area (Å²) in [4.78, 5) is 13.3. The van der Waals surface area contributed by atoms with Crippen LogP contribution in [0.1, 0.15) is 22.3 Å². The lowest BCUT2D eigenvalue weighted by Crippen LogP contribution is -2.40. The number of anilines is 1. The summed E-state index contributed by atoms with van der Waals surface area (Å²) in [5.41, 5.74) is 3.74. The van der Waals surface area contributed by atoms with Crippen molar-refractivity contribution in [3.63, 3.8) is 0 Å². The topological polar surface area (TPSA) is 63.7 Å². The second-order valence-corrected chi connectivity index (χ2v) is 9.04. The lowest BCUT2D eigenvalue weighted by molar-refractivity contribution is -0.119. The van der Waals surface area contributed by atoms with E-state index in [-0.39, 0.29) is 4.90 Å². The Morgan fingerprint density at radius 2 is 1.47 bits per heavy atom. The van der Waals surface area contributed by atoms with Gasteiger partial charge in [0.05, 0.1) is 10.6 Å². The Balaban J connectivity index is 2.03. The number of hydrogen-bond acceptors (Lipinski definition) is 4. The summed E-state index contributed by atoms with van der Waals surface area (Å²) in [6, 6.07) is 19.0. The highest BCUT2D eigenvalue weighted by Crippen LogP contribution is 2.29. The highest BCUT2D eigenvalue weighted by Gasteiger charge is 2.32. The van der Waals surface area contributed by atoms with E-state index in [2.05, 4.69) is 0 Å². The summed E-state index contributed by atoms with van der Waals surface area (Å²) in [6.07, 6.45) is 0. The number of nitrogens with zero attached hydrogens (tertiary/aromatic N) is 1. The van der Waals surface area contributed by atoms with Crippen LogP contribution in [-0.4, -0.2) is 20.9 Å². The minimum Gasteiger partial charge on any atom is -0.483 e. The lowest BCUT2D eigenvalue weighted by Gasteiger charge is -2.25. The van der Waals surface area contributed by atoms with Gasteiger partial charge in [-0.3, -0.25) is 4.79 Å². The molecule has 0 spiro atoms. The van der Waals surface area contributed by atoms with Crippen molar-refractivity contribution in [1.29, 1.82) is 0 Å². The van der Waals surface area contributed by atoms with Crippen LogP contribution in [0.3, 0.4) is 0 Å². The minimum absolute atomic E-state index is 0.0539. The maximum absolute atomic E-state index is 13.5. The van der Waals surface area contributed by atoms with Gasteiger partial charge in [-0.05, 0) is 68.7 Å². The molecule has 30 heavy (non-hydrogen) atoms. The highest BCUT2D eigenvalue weighted by atomic mass is 32.2. The largest absolute Gasteiger partial charge is 0.483 e. The molecule has 0 heterocycles. The summed E-state index contributed by atoms with van der Waals surface area (Å²) in [7, 11) is -4.12. The third kappa shape index (κ3) is 4.39. The monoisotopic (exact) mass is 423 g/mol. The van der Waals surface area contributed by atoms with Crippen LogP contribution < -0.4 is 9.04 Å². The van der Waals surface area contributed by atoms with Crippen LogP contribution in [0, 0.1) is 27.7 Å². The molecule has 0 bridgehead atoms. The van der Waals surface area contributed by atoms with E-state index < -0.39 is 22.5 Å². The Morgan fingerprint density at radius 3 is 2.13 bits per heavy atom. The van der Waals surface area contributed by atoms with Crippen LogP contribution in [0.5, 0.6) is 5.75 Å². The van der Waals surface area contributed by atoms with Gasteiger partial charge in [-0.15, -0.1) is 0 Å². The molecule has 3 aromatic rings. The Morgan fingerprint density at radius 1 is 0.833 bits per heavy atom. The van der Waals surface area contributed by atoms with Crippen LogP contribution in [0.4, 0.5) is 5.69 Å². The second-order valence-electron chi connectivity index (χ2n) is 7.25. The maximum Gasteiger partial charge on any atom is 0.278 e.